The van der Waals surface area contributed by atoms with Gasteiger partial charge in [-0.1, -0.05) is 11.6 Å². The quantitative estimate of drug-likeness (QED) is 0.808. The van der Waals surface area contributed by atoms with Crippen LogP contribution in [0.1, 0.15) is 25.7 Å². The molecule has 0 saturated heterocycles. The number of hydrogen-bond donors (Lipinski definition) is 1. The Kier molecular flexibility index (Phi) is 4.95. The van der Waals surface area contributed by atoms with Crippen molar-refractivity contribution >= 4 is 44.9 Å². The van der Waals surface area contributed by atoms with Gasteiger partial charge in [0.15, 0.2) is 0 Å². The summed E-state index contributed by atoms with van der Waals surface area (Å²) in [6.07, 6.45) is 6.31. The van der Waals surface area contributed by atoms with Gasteiger partial charge in [0.1, 0.15) is 5.82 Å². The molecule has 0 aliphatic heterocycles. The summed E-state index contributed by atoms with van der Waals surface area (Å²) in [6, 6.07) is 1.85. The molecule has 0 radical (unpaired) electrons. The Hall–Kier alpha value is 0.01000. The molecular formula is C12H15BrCl2N2. The van der Waals surface area contributed by atoms with Crippen molar-refractivity contribution < 1.29 is 0 Å². The second-order valence-corrected chi connectivity index (χ2v) is 6.39. The van der Waals surface area contributed by atoms with Gasteiger partial charge < -0.3 is 5.32 Å². The van der Waals surface area contributed by atoms with Crippen molar-refractivity contribution in [3.63, 3.8) is 0 Å². The minimum atomic E-state index is 0.381. The van der Waals surface area contributed by atoms with Crippen LogP contribution in [0.3, 0.4) is 0 Å². The largest absolute Gasteiger partial charge is 0.369 e. The van der Waals surface area contributed by atoms with Crippen molar-refractivity contribution in [1.82, 2.24) is 4.98 Å². The molecule has 1 saturated carbocycles. The summed E-state index contributed by atoms with van der Waals surface area (Å²) in [5.41, 5.74) is 0. The Morgan fingerprint density at radius 2 is 2.06 bits per heavy atom. The smallest absolute Gasteiger partial charge is 0.140 e. The number of nitrogens with zero attached hydrogens (tertiary/aromatic N) is 1. The van der Waals surface area contributed by atoms with E-state index in [9.17, 15) is 0 Å². The minimum absolute atomic E-state index is 0.381. The average Bonchev–Trinajstić information content (AvgIpc) is 2.30. The lowest BCUT2D eigenvalue weighted by Crippen LogP contribution is -2.21. The molecule has 1 N–H and O–H groups in total. The third-order valence-corrected chi connectivity index (χ3v) is 4.39. The second-order valence-electron chi connectivity index (χ2n) is 4.48. The van der Waals surface area contributed by atoms with Crippen molar-refractivity contribution in [1.29, 1.82) is 0 Å². The summed E-state index contributed by atoms with van der Waals surface area (Å²) in [4.78, 5) is 4.26. The summed E-state index contributed by atoms with van der Waals surface area (Å²) >= 11 is 15.4. The summed E-state index contributed by atoms with van der Waals surface area (Å²) in [5, 5.41) is 4.39. The molecule has 1 aromatic rings. The van der Waals surface area contributed by atoms with E-state index in [0.29, 0.717) is 16.3 Å². The highest BCUT2D eigenvalue weighted by Crippen LogP contribution is 2.29. The number of hydrogen-bond acceptors (Lipinski definition) is 2. The third-order valence-electron chi connectivity index (χ3n) is 3.14. The highest BCUT2D eigenvalue weighted by atomic mass is 79.9. The highest BCUT2D eigenvalue weighted by molar-refractivity contribution is 9.10. The van der Waals surface area contributed by atoms with E-state index in [1.807, 2.05) is 6.07 Å². The number of rotatable bonds is 3. The second kappa shape index (κ2) is 6.26. The molecule has 1 aromatic heterocycles. The fraction of sp³-hybridized carbons (Fsp3) is 0.583. The summed E-state index contributed by atoms with van der Waals surface area (Å²) in [7, 11) is 0. The van der Waals surface area contributed by atoms with E-state index in [0.717, 1.165) is 29.7 Å². The molecule has 1 fully saturated rings. The number of nitrogens with one attached hydrogen (secondary N) is 1. The molecule has 5 heteroatoms. The zero-order valence-electron chi connectivity index (χ0n) is 9.43. The molecule has 1 aliphatic carbocycles. The van der Waals surface area contributed by atoms with Gasteiger partial charge in [0.25, 0.3) is 0 Å². The monoisotopic (exact) mass is 336 g/mol. The van der Waals surface area contributed by atoms with Crippen LogP contribution in [0, 0.1) is 5.92 Å². The topological polar surface area (TPSA) is 24.9 Å². The van der Waals surface area contributed by atoms with Gasteiger partial charge in [-0.2, -0.15) is 0 Å². The van der Waals surface area contributed by atoms with Crippen LogP contribution in [0.2, 0.25) is 5.02 Å². The molecule has 94 valence electrons. The fourth-order valence-corrected chi connectivity index (χ4v) is 3.14. The summed E-state index contributed by atoms with van der Waals surface area (Å²) in [6.45, 7) is 0.955. The highest BCUT2D eigenvalue weighted by Gasteiger charge is 2.19. The zero-order valence-corrected chi connectivity index (χ0v) is 12.5. The van der Waals surface area contributed by atoms with Gasteiger partial charge in [0, 0.05) is 18.1 Å². The van der Waals surface area contributed by atoms with E-state index in [2.05, 4.69) is 26.2 Å². The zero-order chi connectivity index (χ0) is 12.3. The first-order valence-corrected chi connectivity index (χ1v) is 7.45. The van der Waals surface area contributed by atoms with Crippen molar-refractivity contribution in [2.45, 2.75) is 31.1 Å². The van der Waals surface area contributed by atoms with Gasteiger partial charge in [-0.15, -0.1) is 11.6 Å². The van der Waals surface area contributed by atoms with Gasteiger partial charge in [-0.05, 0) is 53.6 Å². The molecule has 0 atom stereocenters. The average molecular weight is 338 g/mol. The SMILES string of the molecule is Clc1cnc(NCC2CCC(Cl)CC2)c(Br)c1. The maximum atomic E-state index is 6.09. The molecule has 1 aliphatic rings. The lowest BCUT2D eigenvalue weighted by atomic mass is 9.89. The van der Waals surface area contributed by atoms with E-state index in [4.69, 9.17) is 23.2 Å². The number of pyridine rings is 1. The van der Waals surface area contributed by atoms with E-state index in [1.165, 1.54) is 12.8 Å². The number of halogens is 3. The fourth-order valence-electron chi connectivity index (χ4n) is 2.11. The molecule has 2 rings (SSSR count). The maximum absolute atomic E-state index is 6.09. The van der Waals surface area contributed by atoms with E-state index >= 15 is 0 Å². The predicted octanol–water partition coefficient (Wildman–Crippen LogP) is 4.71. The van der Waals surface area contributed by atoms with Crippen LogP contribution >= 0.6 is 39.1 Å². The van der Waals surface area contributed by atoms with E-state index in [1.54, 1.807) is 6.20 Å². The molecule has 17 heavy (non-hydrogen) atoms. The Labute approximate surface area is 120 Å². The van der Waals surface area contributed by atoms with E-state index < -0.39 is 0 Å². The molecule has 0 unspecified atom stereocenters. The Bertz CT molecular complexity index is 379. The Balaban J connectivity index is 1.85. The number of alkyl halides is 1. The number of aromatic nitrogens is 1. The van der Waals surface area contributed by atoms with Crippen molar-refractivity contribution in [2.75, 3.05) is 11.9 Å². The van der Waals surface area contributed by atoms with Crippen LogP contribution in [0.4, 0.5) is 5.82 Å². The number of anilines is 1. The van der Waals surface area contributed by atoms with Crippen LogP contribution in [-0.2, 0) is 0 Å². The molecule has 0 aromatic carbocycles. The van der Waals surface area contributed by atoms with Crippen LogP contribution in [0.5, 0.6) is 0 Å². The van der Waals surface area contributed by atoms with Gasteiger partial charge in [0.2, 0.25) is 0 Å². The first kappa shape index (κ1) is 13.4. The lowest BCUT2D eigenvalue weighted by molar-refractivity contribution is 0.377. The molecule has 0 spiro atoms. The molecular weight excluding hydrogens is 323 g/mol. The lowest BCUT2D eigenvalue weighted by Gasteiger charge is -2.25. The van der Waals surface area contributed by atoms with Gasteiger partial charge >= 0.3 is 0 Å². The van der Waals surface area contributed by atoms with Crippen LogP contribution in [0.25, 0.3) is 0 Å². The standard InChI is InChI=1S/C12H15BrCl2N2/c13-11-5-10(15)7-17-12(11)16-6-8-1-3-9(14)4-2-8/h5,7-9H,1-4,6H2,(H,16,17). The van der Waals surface area contributed by atoms with Crippen molar-refractivity contribution in [3.05, 3.63) is 21.8 Å². The first-order chi connectivity index (χ1) is 8.15. The minimum Gasteiger partial charge on any atom is -0.369 e. The molecule has 1 heterocycles. The van der Waals surface area contributed by atoms with Crippen LogP contribution < -0.4 is 5.32 Å². The van der Waals surface area contributed by atoms with E-state index in [-0.39, 0.29) is 0 Å². The molecule has 2 nitrogen and oxygen atoms in total. The predicted molar refractivity (Wildman–Crippen MR) is 77.0 cm³/mol. The van der Waals surface area contributed by atoms with Gasteiger partial charge in [0.05, 0.1) is 9.50 Å². The molecule has 0 bridgehead atoms. The Morgan fingerprint density at radius 3 is 2.71 bits per heavy atom. The van der Waals surface area contributed by atoms with Gasteiger partial charge in [-0.3, -0.25) is 0 Å². The summed E-state index contributed by atoms with van der Waals surface area (Å²) in [5.74, 6) is 1.57. The van der Waals surface area contributed by atoms with Crippen molar-refractivity contribution in [3.8, 4) is 0 Å². The first-order valence-electron chi connectivity index (χ1n) is 5.84. The normalized spacial score (nSPS) is 24.6. The maximum Gasteiger partial charge on any atom is 0.140 e. The Morgan fingerprint density at radius 1 is 1.35 bits per heavy atom. The third kappa shape index (κ3) is 4.01. The molecule has 0 amide bonds. The summed E-state index contributed by atoms with van der Waals surface area (Å²) < 4.78 is 0.913. The van der Waals surface area contributed by atoms with Crippen LogP contribution in [-0.4, -0.2) is 16.9 Å². The van der Waals surface area contributed by atoms with Gasteiger partial charge in [-0.25, -0.2) is 4.98 Å². The van der Waals surface area contributed by atoms with Crippen LogP contribution in [0.15, 0.2) is 16.7 Å². The van der Waals surface area contributed by atoms with Crippen molar-refractivity contribution in [2.24, 2.45) is 5.92 Å².